The molecule has 0 bridgehead atoms. The Morgan fingerprint density at radius 3 is 2.20 bits per heavy atom. The highest BCUT2D eigenvalue weighted by molar-refractivity contribution is 5.72. The molecule has 0 saturated carbocycles. The second-order valence-electron chi connectivity index (χ2n) is 3.71. The first-order valence-electron chi connectivity index (χ1n) is 4.80. The number of nitrogens with zero attached hydrogens (tertiary/aromatic N) is 2. The van der Waals surface area contributed by atoms with Gasteiger partial charge in [0.15, 0.2) is 0 Å². The molecule has 0 spiro atoms. The number of hydrogen-bond donors (Lipinski definition) is 1. The van der Waals surface area contributed by atoms with Gasteiger partial charge in [0.1, 0.15) is 0 Å². The van der Waals surface area contributed by atoms with Crippen molar-refractivity contribution in [1.29, 1.82) is 0 Å². The Balaban J connectivity index is 2.68. The number of hydrazine groups is 1. The SMILES string of the molecule is CC(=O)N(N)Cc1ccc(N(C)C)cc1. The van der Waals surface area contributed by atoms with Crippen molar-refractivity contribution in [2.75, 3.05) is 19.0 Å². The van der Waals surface area contributed by atoms with Gasteiger partial charge in [-0.05, 0) is 17.7 Å². The van der Waals surface area contributed by atoms with Gasteiger partial charge in [0.2, 0.25) is 5.91 Å². The van der Waals surface area contributed by atoms with Crippen LogP contribution in [0.5, 0.6) is 0 Å². The van der Waals surface area contributed by atoms with Crippen molar-refractivity contribution in [3.63, 3.8) is 0 Å². The van der Waals surface area contributed by atoms with Gasteiger partial charge in [-0.2, -0.15) is 0 Å². The molecule has 0 unspecified atom stereocenters. The molecular weight excluding hydrogens is 190 g/mol. The maximum Gasteiger partial charge on any atom is 0.233 e. The van der Waals surface area contributed by atoms with E-state index in [4.69, 9.17) is 5.84 Å². The minimum atomic E-state index is -0.133. The highest BCUT2D eigenvalue weighted by Gasteiger charge is 2.03. The summed E-state index contributed by atoms with van der Waals surface area (Å²) in [7, 11) is 3.97. The Hall–Kier alpha value is -1.55. The van der Waals surface area contributed by atoms with Crippen molar-refractivity contribution in [1.82, 2.24) is 5.01 Å². The standard InChI is InChI=1S/C11H17N3O/c1-9(15)14(12)8-10-4-6-11(7-5-10)13(2)3/h4-7H,8,12H2,1-3H3. The number of amides is 1. The summed E-state index contributed by atoms with van der Waals surface area (Å²) in [5.41, 5.74) is 2.16. The normalized spacial score (nSPS) is 9.87. The zero-order valence-electron chi connectivity index (χ0n) is 9.40. The Labute approximate surface area is 90.2 Å². The van der Waals surface area contributed by atoms with Crippen molar-refractivity contribution in [3.8, 4) is 0 Å². The third-order valence-electron chi connectivity index (χ3n) is 2.21. The minimum Gasteiger partial charge on any atom is -0.378 e. The topological polar surface area (TPSA) is 49.6 Å². The summed E-state index contributed by atoms with van der Waals surface area (Å²) in [5.74, 6) is 5.39. The molecule has 1 aromatic carbocycles. The first-order chi connectivity index (χ1) is 7.00. The van der Waals surface area contributed by atoms with Crippen molar-refractivity contribution in [3.05, 3.63) is 29.8 Å². The minimum absolute atomic E-state index is 0.133. The molecule has 0 atom stereocenters. The third kappa shape index (κ3) is 3.25. The highest BCUT2D eigenvalue weighted by Crippen LogP contribution is 2.12. The van der Waals surface area contributed by atoms with Crippen LogP contribution in [0.4, 0.5) is 5.69 Å². The molecule has 4 nitrogen and oxygen atoms in total. The van der Waals surface area contributed by atoms with Crippen LogP contribution in [0.25, 0.3) is 0 Å². The molecule has 0 aliphatic carbocycles. The van der Waals surface area contributed by atoms with Gasteiger partial charge < -0.3 is 4.90 Å². The van der Waals surface area contributed by atoms with Gasteiger partial charge in [0.25, 0.3) is 0 Å². The van der Waals surface area contributed by atoms with Crippen LogP contribution >= 0.6 is 0 Å². The summed E-state index contributed by atoms with van der Waals surface area (Å²) in [6.45, 7) is 1.90. The van der Waals surface area contributed by atoms with Gasteiger partial charge in [-0.25, -0.2) is 5.84 Å². The number of benzene rings is 1. The summed E-state index contributed by atoms with van der Waals surface area (Å²) in [6.07, 6.45) is 0. The van der Waals surface area contributed by atoms with E-state index in [0.717, 1.165) is 11.3 Å². The van der Waals surface area contributed by atoms with E-state index < -0.39 is 0 Å². The molecule has 82 valence electrons. The van der Waals surface area contributed by atoms with Gasteiger partial charge in [-0.3, -0.25) is 9.80 Å². The lowest BCUT2D eigenvalue weighted by molar-refractivity contribution is -0.129. The Bertz CT molecular complexity index is 332. The lowest BCUT2D eigenvalue weighted by atomic mass is 10.2. The summed E-state index contributed by atoms with van der Waals surface area (Å²) >= 11 is 0. The first-order valence-corrected chi connectivity index (χ1v) is 4.80. The lowest BCUT2D eigenvalue weighted by Crippen LogP contribution is -2.34. The third-order valence-corrected chi connectivity index (χ3v) is 2.21. The average Bonchev–Trinajstić information content (AvgIpc) is 2.18. The molecule has 0 aliphatic rings. The van der Waals surface area contributed by atoms with Crippen LogP contribution in [0.15, 0.2) is 24.3 Å². The summed E-state index contributed by atoms with van der Waals surface area (Å²) in [4.78, 5) is 12.9. The molecule has 15 heavy (non-hydrogen) atoms. The van der Waals surface area contributed by atoms with E-state index in [9.17, 15) is 4.79 Å². The van der Waals surface area contributed by atoms with Crippen molar-refractivity contribution < 1.29 is 4.79 Å². The fourth-order valence-electron chi connectivity index (χ4n) is 1.21. The monoisotopic (exact) mass is 207 g/mol. The Kier molecular flexibility index (Phi) is 3.68. The molecule has 0 radical (unpaired) electrons. The fourth-order valence-corrected chi connectivity index (χ4v) is 1.21. The van der Waals surface area contributed by atoms with Crippen molar-refractivity contribution in [2.45, 2.75) is 13.5 Å². The molecule has 1 rings (SSSR count). The molecule has 1 amide bonds. The van der Waals surface area contributed by atoms with E-state index in [1.165, 1.54) is 11.9 Å². The quantitative estimate of drug-likeness (QED) is 0.456. The molecule has 0 fully saturated rings. The van der Waals surface area contributed by atoms with Crippen molar-refractivity contribution in [2.24, 2.45) is 5.84 Å². The van der Waals surface area contributed by atoms with Crippen LogP contribution in [0.2, 0.25) is 0 Å². The number of rotatable bonds is 3. The number of carbonyl (C=O) groups is 1. The number of anilines is 1. The van der Waals surface area contributed by atoms with Gasteiger partial charge in [-0.1, -0.05) is 12.1 Å². The largest absolute Gasteiger partial charge is 0.378 e. The predicted molar refractivity (Wildman–Crippen MR) is 61.2 cm³/mol. The molecule has 1 aromatic rings. The molecule has 2 N–H and O–H groups in total. The zero-order chi connectivity index (χ0) is 11.4. The average molecular weight is 207 g/mol. The van der Waals surface area contributed by atoms with E-state index in [2.05, 4.69) is 0 Å². The van der Waals surface area contributed by atoms with Crippen LogP contribution in [-0.4, -0.2) is 25.0 Å². The smallest absolute Gasteiger partial charge is 0.233 e. The van der Waals surface area contributed by atoms with Gasteiger partial charge in [0, 0.05) is 26.7 Å². The summed E-state index contributed by atoms with van der Waals surface area (Å²) in [6, 6.07) is 7.95. The van der Waals surface area contributed by atoms with E-state index >= 15 is 0 Å². The zero-order valence-corrected chi connectivity index (χ0v) is 9.40. The van der Waals surface area contributed by atoms with E-state index in [0.29, 0.717) is 6.54 Å². The van der Waals surface area contributed by atoms with Gasteiger partial charge in [-0.15, -0.1) is 0 Å². The van der Waals surface area contributed by atoms with Gasteiger partial charge >= 0.3 is 0 Å². The highest BCUT2D eigenvalue weighted by atomic mass is 16.2. The lowest BCUT2D eigenvalue weighted by Gasteiger charge is -2.16. The maximum absolute atomic E-state index is 10.9. The second kappa shape index (κ2) is 4.79. The van der Waals surface area contributed by atoms with Crippen LogP contribution in [-0.2, 0) is 11.3 Å². The van der Waals surface area contributed by atoms with Crippen LogP contribution in [0.1, 0.15) is 12.5 Å². The summed E-state index contributed by atoms with van der Waals surface area (Å²) < 4.78 is 0. The van der Waals surface area contributed by atoms with Crippen LogP contribution in [0.3, 0.4) is 0 Å². The Morgan fingerprint density at radius 2 is 1.80 bits per heavy atom. The first kappa shape index (κ1) is 11.5. The molecule has 0 heterocycles. The van der Waals surface area contributed by atoms with E-state index in [1.54, 1.807) is 0 Å². The van der Waals surface area contributed by atoms with Crippen LogP contribution in [0, 0.1) is 0 Å². The molecule has 0 aromatic heterocycles. The molecule has 0 saturated heterocycles. The van der Waals surface area contributed by atoms with Crippen molar-refractivity contribution >= 4 is 11.6 Å². The van der Waals surface area contributed by atoms with Gasteiger partial charge in [0.05, 0.1) is 6.54 Å². The number of carbonyl (C=O) groups excluding carboxylic acids is 1. The number of hydrogen-bond acceptors (Lipinski definition) is 3. The van der Waals surface area contributed by atoms with E-state index in [-0.39, 0.29) is 5.91 Å². The fraction of sp³-hybridized carbons (Fsp3) is 0.364. The molecular formula is C11H17N3O. The Morgan fingerprint density at radius 1 is 1.27 bits per heavy atom. The maximum atomic E-state index is 10.9. The predicted octanol–water partition coefficient (Wildman–Crippen LogP) is 0.975. The van der Waals surface area contributed by atoms with E-state index in [1.807, 2.05) is 43.3 Å². The number of nitrogens with two attached hydrogens (primary N) is 1. The van der Waals surface area contributed by atoms with Crippen LogP contribution < -0.4 is 10.7 Å². The molecule has 4 heteroatoms. The second-order valence-corrected chi connectivity index (χ2v) is 3.71. The summed E-state index contributed by atoms with van der Waals surface area (Å²) in [5, 5.41) is 1.20. The molecule has 0 aliphatic heterocycles.